The summed E-state index contributed by atoms with van der Waals surface area (Å²) in [5, 5.41) is 22.1. The molecule has 0 fully saturated rings. The minimum absolute atomic E-state index is 0.00885. The molecule has 3 rings (SSSR count). The second-order valence-electron chi connectivity index (χ2n) is 6.44. The van der Waals surface area contributed by atoms with Gasteiger partial charge in [-0.2, -0.15) is 18.3 Å². The summed E-state index contributed by atoms with van der Waals surface area (Å²) in [4.78, 5) is 16.0. The highest BCUT2D eigenvalue weighted by Crippen LogP contribution is 2.38. The first-order chi connectivity index (χ1) is 14.1. The zero-order valence-corrected chi connectivity index (χ0v) is 16.3. The average Bonchev–Trinajstić information content (AvgIpc) is 2.97. The zero-order valence-electron chi connectivity index (χ0n) is 16.3. The van der Waals surface area contributed by atoms with Crippen LogP contribution in [-0.2, 0) is 13.2 Å². The molecule has 2 heterocycles. The number of rotatable bonds is 5. The van der Waals surface area contributed by atoms with E-state index >= 15 is 0 Å². The average molecular weight is 420 g/mol. The van der Waals surface area contributed by atoms with Crippen LogP contribution >= 0.6 is 0 Å². The molecule has 158 valence electrons. The van der Waals surface area contributed by atoms with E-state index in [9.17, 15) is 23.1 Å². The van der Waals surface area contributed by atoms with Crippen LogP contribution < -0.4 is 16.0 Å². The Morgan fingerprint density at radius 1 is 1.17 bits per heavy atom. The normalized spacial score (nSPS) is 11.3. The van der Waals surface area contributed by atoms with Gasteiger partial charge in [-0.3, -0.25) is 9.48 Å². The van der Waals surface area contributed by atoms with Crippen LogP contribution in [0.25, 0.3) is 0 Å². The van der Waals surface area contributed by atoms with Gasteiger partial charge in [0.05, 0.1) is 28.3 Å². The third-order valence-electron chi connectivity index (χ3n) is 4.25. The lowest BCUT2D eigenvalue weighted by Crippen LogP contribution is -2.19. The molecule has 1 aromatic carbocycles. The number of pyridine rings is 1. The van der Waals surface area contributed by atoms with E-state index in [1.165, 1.54) is 31.3 Å². The lowest BCUT2D eigenvalue weighted by atomic mass is 10.1. The Hall–Kier alpha value is -3.76. The predicted molar refractivity (Wildman–Crippen MR) is 105 cm³/mol. The first kappa shape index (κ1) is 21.0. The summed E-state index contributed by atoms with van der Waals surface area (Å²) in [5.41, 5.74) is -0.306. The van der Waals surface area contributed by atoms with Crippen molar-refractivity contribution in [3.8, 4) is 5.75 Å². The number of nitrogens with zero attached hydrogens (tertiary/aromatic N) is 3. The number of carbonyl (C=O) groups excluding carboxylic acids is 1. The van der Waals surface area contributed by atoms with Crippen molar-refractivity contribution < 1.29 is 23.1 Å². The Kier molecular flexibility index (Phi) is 5.54. The van der Waals surface area contributed by atoms with Gasteiger partial charge in [-0.1, -0.05) is 6.07 Å². The minimum Gasteiger partial charge on any atom is -0.507 e. The maximum absolute atomic E-state index is 13.5. The number of phenolic OH excluding ortho intramolecular Hbond substituents is 1. The van der Waals surface area contributed by atoms with Crippen molar-refractivity contribution in [1.29, 1.82) is 0 Å². The molecule has 0 spiro atoms. The maximum atomic E-state index is 13.5. The summed E-state index contributed by atoms with van der Waals surface area (Å²) in [6, 6.07) is 5.25. The number of benzene rings is 1. The second kappa shape index (κ2) is 7.93. The van der Waals surface area contributed by atoms with Crippen molar-refractivity contribution in [2.75, 3.05) is 17.7 Å². The van der Waals surface area contributed by atoms with Crippen molar-refractivity contribution in [1.82, 2.24) is 20.1 Å². The Morgan fingerprint density at radius 3 is 2.50 bits per heavy atom. The van der Waals surface area contributed by atoms with E-state index in [0.29, 0.717) is 17.6 Å². The number of alkyl halides is 3. The minimum atomic E-state index is -4.69. The molecule has 0 aliphatic rings. The van der Waals surface area contributed by atoms with E-state index < -0.39 is 17.6 Å². The number of aromatic nitrogens is 3. The van der Waals surface area contributed by atoms with Gasteiger partial charge in [0.25, 0.3) is 5.91 Å². The van der Waals surface area contributed by atoms with Gasteiger partial charge in [0, 0.05) is 32.6 Å². The number of hydrogen-bond acceptors (Lipinski definition) is 6. The molecular weight excluding hydrogens is 401 g/mol. The van der Waals surface area contributed by atoms with Crippen molar-refractivity contribution in [3.63, 3.8) is 0 Å². The Bertz CT molecular complexity index is 1090. The zero-order chi connectivity index (χ0) is 22.1. The molecule has 30 heavy (non-hydrogen) atoms. The largest absolute Gasteiger partial charge is 0.507 e. The molecule has 2 aromatic heterocycles. The third-order valence-corrected chi connectivity index (χ3v) is 4.25. The molecule has 4 N–H and O–H groups in total. The standard InChI is InChI=1S/C19H19F3N6O2/c1-10-14(9-28(3)27-10)26-16-7-13(11(8-24-16)19(20,21)22)25-12-5-4-6-15(29)17(12)18(30)23-2/h4-9,29H,1-3H3,(H,23,30)(H2,24,25,26). The van der Waals surface area contributed by atoms with Gasteiger partial charge in [-0.15, -0.1) is 0 Å². The van der Waals surface area contributed by atoms with Gasteiger partial charge in [-0.25, -0.2) is 4.98 Å². The van der Waals surface area contributed by atoms with Crippen LogP contribution in [0.1, 0.15) is 21.6 Å². The number of halogens is 3. The Balaban J connectivity index is 2.05. The number of nitrogens with one attached hydrogen (secondary N) is 3. The number of hydrogen-bond donors (Lipinski definition) is 4. The first-order valence-electron chi connectivity index (χ1n) is 8.75. The van der Waals surface area contributed by atoms with Crippen molar-refractivity contribution >= 4 is 28.8 Å². The lowest BCUT2D eigenvalue weighted by Gasteiger charge is -2.18. The van der Waals surface area contributed by atoms with Crippen molar-refractivity contribution in [3.05, 3.63) is 53.5 Å². The second-order valence-corrected chi connectivity index (χ2v) is 6.44. The Labute approximate surface area is 169 Å². The summed E-state index contributed by atoms with van der Waals surface area (Å²) in [6.45, 7) is 1.74. The van der Waals surface area contributed by atoms with E-state index in [1.807, 2.05) is 0 Å². The summed E-state index contributed by atoms with van der Waals surface area (Å²) < 4.78 is 42.2. The molecule has 1 amide bonds. The molecule has 8 nitrogen and oxygen atoms in total. The monoisotopic (exact) mass is 420 g/mol. The lowest BCUT2D eigenvalue weighted by molar-refractivity contribution is -0.137. The molecule has 0 aliphatic heterocycles. The van der Waals surface area contributed by atoms with Crippen LogP contribution in [0.4, 0.5) is 36.1 Å². The smallest absolute Gasteiger partial charge is 0.419 e. The van der Waals surface area contributed by atoms with E-state index in [1.54, 1.807) is 24.9 Å². The predicted octanol–water partition coefficient (Wildman–Crippen LogP) is 3.69. The Morgan fingerprint density at radius 2 is 1.90 bits per heavy atom. The molecule has 0 saturated carbocycles. The van der Waals surface area contributed by atoms with E-state index in [2.05, 4.69) is 26.0 Å². The van der Waals surface area contributed by atoms with E-state index in [4.69, 9.17) is 0 Å². The van der Waals surface area contributed by atoms with Gasteiger partial charge in [-0.05, 0) is 19.1 Å². The molecule has 0 unspecified atom stereocenters. The molecule has 0 radical (unpaired) electrons. The van der Waals surface area contributed by atoms with Gasteiger partial charge in [0.2, 0.25) is 0 Å². The SMILES string of the molecule is CNC(=O)c1c(O)cccc1Nc1cc(Nc2cn(C)nc2C)ncc1C(F)(F)F. The first-order valence-corrected chi connectivity index (χ1v) is 8.75. The molecule has 0 atom stereocenters. The number of aromatic hydroxyl groups is 1. The van der Waals surface area contributed by atoms with Crippen LogP contribution in [0.5, 0.6) is 5.75 Å². The molecule has 0 saturated heterocycles. The van der Waals surface area contributed by atoms with Gasteiger partial charge < -0.3 is 21.1 Å². The molecule has 0 aliphatic carbocycles. The van der Waals surface area contributed by atoms with Gasteiger partial charge in [0.1, 0.15) is 17.1 Å². The molecule has 3 aromatic rings. The van der Waals surface area contributed by atoms with Crippen molar-refractivity contribution in [2.24, 2.45) is 7.05 Å². The fourth-order valence-corrected chi connectivity index (χ4v) is 2.87. The van der Waals surface area contributed by atoms with Crippen LogP contribution in [0.2, 0.25) is 0 Å². The summed E-state index contributed by atoms with van der Waals surface area (Å²) in [7, 11) is 3.07. The molecular formula is C19H19F3N6O2. The van der Waals surface area contributed by atoms with Crippen LogP contribution in [-0.4, -0.2) is 32.8 Å². The summed E-state index contributed by atoms with van der Waals surface area (Å²) in [5.74, 6) is -0.878. The highest BCUT2D eigenvalue weighted by Gasteiger charge is 2.34. The summed E-state index contributed by atoms with van der Waals surface area (Å²) in [6.07, 6.45) is -2.33. The van der Waals surface area contributed by atoms with Gasteiger partial charge >= 0.3 is 6.18 Å². The number of carbonyl (C=O) groups is 1. The molecule has 0 bridgehead atoms. The topological polar surface area (TPSA) is 104 Å². The van der Waals surface area contributed by atoms with Crippen LogP contribution in [0.15, 0.2) is 36.7 Å². The number of amides is 1. The quantitative estimate of drug-likeness (QED) is 0.502. The fraction of sp³-hybridized carbons (Fsp3) is 0.211. The highest BCUT2D eigenvalue weighted by molar-refractivity contribution is 6.02. The van der Waals surface area contributed by atoms with Crippen LogP contribution in [0.3, 0.4) is 0 Å². The summed E-state index contributed by atoms with van der Waals surface area (Å²) >= 11 is 0. The number of anilines is 4. The third kappa shape index (κ3) is 4.29. The number of aryl methyl sites for hydroxylation is 2. The number of phenols is 1. The van der Waals surface area contributed by atoms with E-state index in [0.717, 1.165) is 0 Å². The van der Waals surface area contributed by atoms with E-state index in [-0.39, 0.29) is 28.5 Å². The van der Waals surface area contributed by atoms with Crippen molar-refractivity contribution in [2.45, 2.75) is 13.1 Å². The highest BCUT2D eigenvalue weighted by atomic mass is 19.4. The van der Waals surface area contributed by atoms with Gasteiger partial charge in [0.15, 0.2) is 0 Å². The molecule has 11 heteroatoms. The fourth-order valence-electron chi connectivity index (χ4n) is 2.87. The van der Waals surface area contributed by atoms with Crippen LogP contribution in [0, 0.1) is 6.92 Å². The maximum Gasteiger partial charge on any atom is 0.419 e.